The van der Waals surface area contributed by atoms with Crippen LogP contribution in [0, 0.1) is 0 Å². The molecule has 90 valence electrons. The van der Waals surface area contributed by atoms with E-state index in [1.165, 1.54) is 7.11 Å². The lowest BCUT2D eigenvalue weighted by molar-refractivity contribution is 0.379. The molecule has 0 aliphatic carbocycles. The van der Waals surface area contributed by atoms with Crippen molar-refractivity contribution in [1.29, 1.82) is 0 Å². The monoisotopic (exact) mass is 234 g/mol. The summed E-state index contributed by atoms with van der Waals surface area (Å²) in [5.74, 6) is 1.01. The van der Waals surface area contributed by atoms with Crippen molar-refractivity contribution in [3.05, 3.63) is 12.4 Å². The minimum Gasteiger partial charge on any atom is -0.467 e. The molecule has 0 saturated heterocycles. The highest BCUT2D eigenvalue weighted by atomic mass is 16.5. The highest BCUT2D eigenvalue weighted by Gasteiger charge is 2.09. The Labute approximate surface area is 98.9 Å². The van der Waals surface area contributed by atoms with Gasteiger partial charge in [0, 0.05) is 19.8 Å². The molecule has 0 radical (unpaired) electrons. The summed E-state index contributed by atoms with van der Waals surface area (Å²) in [4.78, 5) is 12.5. The lowest BCUT2D eigenvalue weighted by Crippen LogP contribution is -2.02. The molecule has 0 spiro atoms. The largest absolute Gasteiger partial charge is 0.467 e. The number of rotatable bonds is 4. The van der Waals surface area contributed by atoms with Gasteiger partial charge < -0.3 is 10.1 Å². The third-order valence-corrected chi connectivity index (χ3v) is 2.24. The summed E-state index contributed by atoms with van der Waals surface area (Å²) in [7, 11) is 3.27. The third-order valence-electron chi connectivity index (χ3n) is 2.24. The Hall–Kier alpha value is -2.18. The summed E-state index contributed by atoms with van der Waals surface area (Å²) < 4.78 is 6.83. The molecular weight excluding hydrogens is 220 g/mol. The summed E-state index contributed by atoms with van der Waals surface area (Å²) in [5, 5.41) is 7.04. The van der Waals surface area contributed by atoms with Crippen LogP contribution in [0.4, 0.5) is 5.95 Å². The molecule has 0 aliphatic rings. The number of methoxy groups -OCH3 is 1. The van der Waals surface area contributed by atoms with E-state index in [2.05, 4.69) is 25.4 Å². The van der Waals surface area contributed by atoms with Crippen LogP contribution >= 0.6 is 0 Å². The van der Waals surface area contributed by atoms with E-state index >= 15 is 0 Å². The Morgan fingerprint density at radius 1 is 1.35 bits per heavy atom. The van der Waals surface area contributed by atoms with Gasteiger partial charge in [0.05, 0.1) is 18.9 Å². The van der Waals surface area contributed by atoms with Crippen molar-refractivity contribution >= 4 is 5.95 Å². The van der Waals surface area contributed by atoms with E-state index in [0.29, 0.717) is 11.8 Å². The Morgan fingerprint density at radius 3 is 2.76 bits per heavy atom. The van der Waals surface area contributed by atoms with E-state index in [1.54, 1.807) is 13.2 Å². The van der Waals surface area contributed by atoms with Crippen LogP contribution in [0.15, 0.2) is 12.4 Å². The summed E-state index contributed by atoms with van der Waals surface area (Å²) in [6, 6.07) is 0.281. The minimum absolute atomic E-state index is 0.281. The van der Waals surface area contributed by atoms with E-state index in [4.69, 9.17) is 4.74 Å². The van der Waals surface area contributed by atoms with Crippen molar-refractivity contribution in [3.63, 3.8) is 0 Å². The lowest BCUT2D eigenvalue weighted by Gasteiger charge is -2.03. The standard InChI is InChI=1S/C10H14N6O/c1-4-16-6-7(5-12-16)8-13-9(11-2)15-10(14-8)17-3/h5-6H,4H2,1-3H3,(H,11,13,14,15). The van der Waals surface area contributed by atoms with Gasteiger partial charge in [-0.2, -0.15) is 20.1 Å². The van der Waals surface area contributed by atoms with Crippen LogP contribution in [-0.4, -0.2) is 38.9 Å². The molecule has 2 rings (SSSR count). The molecule has 0 saturated carbocycles. The summed E-state index contributed by atoms with van der Waals surface area (Å²) >= 11 is 0. The van der Waals surface area contributed by atoms with Crippen LogP contribution in [0.1, 0.15) is 6.92 Å². The van der Waals surface area contributed by atoms with Crippen molar-refractivity contribution < 1.29 is 4.74 Å². The van der Waals surface area contributed by atoms with E-state index in [-0.39, 0.29) is 6.01 Å². The van der Waals surface area contributed by atoms with E-state index in [1.807, 2.05) is 17.8 Å². The topological polar surface area (TPSA) is 77.8 Å². The molecule has 7 nitrogen and oxygen atoms in total. The van der Waals surface area contributed by atoms with Gasteiger partial charge in [-0.15, -0.1) is 0 Å². The average molecular weight is 234 g/mol. The Kier molecular flexibility index (Phi) is 3.17. The maximum atomic E-state index is 5.02. The van der Waals surface area contributed by atoms with Crippen molar-refractivity contribution in [2.75, 3.05) is 19.5 Å². The average Bonchev–Trinajstić information content (AvgIpc) is 2.86. The Bertz CT molecular complexity index is 487. The molecule has 0 aliphatic heterocycles. The number of ether oxygens (including phenoxy) is 1. The molecule has 1 N–H and O–H groups in total. The second-order valence-corrected chi connectivity index (χ2v) is 3.30. The number of nitrogens with one attached hydrogen (secondary N) is 1. The molecule has 0 bridgehead atoms. The molecule has 0 atom stereocenters. The number of aryl methyl sites for hydroxylation is 1. The molecule has 0 unspecified atom stereocenters. The number of anilines is 1. The number of hydrogen-bond donors (Lipinski definition) is 1. The summed E-state index contributed by atoms with van der Waals surface area (Å²) in [6.45, 7) is 2.82. The molecule has 0 amide bonds. The minimum atomic E-state index is 0.281. The predicted octanol–water partition coefficient (Wildman–Crippen LogP) is 0.805. The first kappa shape index (κ1) is 11.3. The normalized spacial score (nSPS) is 10.3. The lowest BCUT2D eigenvalue weighted by atomic mass is 10.3. The molecule has 7 heteroatoms. The first-order chi connectivity index (χ1) is 8.26. The fourth-order valence-corrected chi connectivity index (χ4v) is 1.34. The fourth-order valence-electron chi connectivity index (χ4n) is 1.34. The van der Waals surface area contributed by atoms with Gasteiger partial charge >= 0.3 is 6.01 Å². The zero-order valence-electron chi connectivity index (χ0n) is 10.0. The van der Waals surface area contributed by atoms with E-state index in [0.717, 1.165) is 12.1 Å². The van der Waals surface area contributed by atoms with Crippen LogP contribution in [-0.2, 0) is 6.54 Å². The Morgan fingerprint density at radius 2 is 2.18 bits per heavy atom. The second kappa shape index (κ2) is 4.77. The van der Waals surface area contributed by atoms with Gasteiger partial charge in [0.2, 0.25) is 5.95 Å². The van der Waals surface area contributed by atoms with Gasteiger partial charge in [0.25, 0.3) is 0 Å². The summed E-state index contributed by atoms with van der Waals surface area (Å²) in [5.41, 5.74) is 0.837. The van der Waals surface area contributed by atoms with Crippen molar-refractivity contribution in [1.82, 2.24) is 24.7 Å². The fraction of sp³-hybridized carbons (Fsp3) is 0.400. The number of aromatic nitrogens is 5. The zero-order chi connectivity index (χ0) is 12.3. The van der Waals surface area contributed by atoms with E-state index < -0.39 is 0 Å². The van der Waals surface area contributed by atoms with Crippen LogP contribution < -0.4 is 10.1 Å². The van der Waals surface area contributed by atoms with Crippen molar-refractivity contribution in [2.45, 2.75) is 13.5 Å². The van der Waals surface area contributed by atoms with Gasteiger partial charge in [0.15, 0.2) is 5.82 Å². The molecule has 2 heterocycles. The van der Waals surface area contributed by atoms with Gasteiger partial charge in [0.1, 0.15) is 0 Å². The first-order valence-electron chi connectivity index (χ1n) is 5.27. The maximum absolute atomic E-state index is 5.02. The van der Waals surface area contributed by atoms with Gasteiger partial charge in [-0.1, -0.05) is 0 Å². The van der Waals surface area contributed by atoms with Gasteiger partial charge in [-0.25, -0.2) is 0 Å². The highest BCUT2D eigenvalue weighted by molar-refractivity contribution is 5.54. The number of nitrogens with zero attached hydrogens (tertiary/aromatic N) is 5. The predicted molar refractivity (Wildman–Crippen MR) is 62.8 cm³/mol. The van der Waals surface area contributed by atoms with Crippen LogP contribution in [0.2, 0.25) is 0 Å². The highest BCUT2D eigenvalue weighted by Crippen LogP contribution is 2.17. The molecule has 17 heavy (non-hydrogen) atoms. The molecular formula is C10H14N6O. The van der Waals surface area contributed by atoms with Gasteiger partial charge in [-0.3, -0.25) is 4.68 Å². The summed E-state index contributed by atoms with van der Waals surface area (Å²) in [6.07, 6.45) is 3.60. The van der Waals surface area contributed by atoms with Crippen molar-refractivity contribution in [2.24, 2.45) is 0 Å². The molecule has 2 aromatic heterocycles. The zero-order valence-corrected chi connectivity index (χ0v) is 10.0. The van der Waals surface area contributed by atoms with Gasteiger partial charge in [-0.05, 0) is 6.92 Å². The van der Waals surface area contributed by atoms with Crippen LogP contribution in [0.3, 0.4) is 0 Å². The molecule has 0 aromatic carbocycles. The van der Waals surface area contributed by atoms with Crippen LogP contribution in [0.5, 0.6) is 6.01 Å². The molecule has 0 fully saturated rings. The quantitative estimate of drug-likeness (QED) is 0.843. The maximum Gasteiger partial charge on any atom is 0.321 e. The van der Waals surface area contributed by atoms with Crippen molar-refractivity contribution in [3.8, 4) is 17.4 Å². The third kappa shape index (κ3) is 2.32. The second-order valence-electron chi connectivity index (χ2n) is 3.30. The SMILES string of the molecule is CCn1cc(-c2nc(NC)nc(OC)n2)cn1. The first-order valence-corrected chi connectivity index (χ1v) is 5.27. The smallest absolute Gasteiger partial charge is 0.321 e. The van der Waals surface area contributed by atoms with E-state index in [9.17, 15) is 0 Å². The molecule has 2 aromatic rings. The van der Waals surface area contributed by atoms with Crippen LogP contribution in [0.25, 0.3) is 11.4 Å². The number of hydrogen-bond acceptors (Lipinski definition) is 6. The Balaban J connectivity index is 2.43.